The van der Waals surface area contributed by atoms with Gasteiger partial charge in [0.2, 0.25) is 5.91 Å². The molecular weight excluding hydrogens is 384 g/mol. The normalized spacial score (nSPS) is 10.8. The fourth-order valence-electron chi connectivity index (χ4n) is 2.91. The Kier molecular flexibility index (Phi) is 7.53. The summed E-state index contributed by atoms with van der Waals surface area (Å²) in [6, 6.07) is 15.6. The lowest BCUT2D eigenvalue weighted by molar-refractivity contribution is -0.119. The summed E-state index contributed by atoms with van der Waals surface area (Å²) in [5.74, 6) is 0.423. The van der Waals surface area contributed by atoms with Gasteiger partial charge in [0, 0.05) is 25.0 Å². The summed E-state index contributed by atoms with van der Waals surface area (Å²) >= 11 is 0. The van der Waals surface area contributed by atoms with Crippen LogP contribution in [0.15, 0.2) is 48.5 Å². The van der Waals surface area contributed by atoms with E-state index in [0.29, 0.717) is 31.3 Å². The summed E-state index contributed by atoms with van der Waals surface area (Å²) in [4.78, 5) is 16.5. The van der Waals surface area contributed by atoms with Gasteiger partial charge in [-0.05, 0) is 37.6 Å². The molecule has 0 atom stereocenters. The Morgan fingerprint density at radius 2 is 1.97 bits per heavy atom. The highest BCUT2D eigenvalue weighted by molar-refractivity contribution is 5.92. The number of carbonyl (C=O) groups is 1. The molecule has 8 heteroatoms. The third-order valence-electron chi connectivity index (χ3n) is 4.29. The summed E-state index contributed by atoms with van der Waals surface area (Å²) < 4.78 is 17.6. The standard InChI is InChI=1S/C22H26N4O4/c1-4-29-12-13-30-22-24-21(19-11-6-5-8-16(19)2)26(25-22)18-10-7-9-17(14-18)23-20(27)15-28-3/h5-11,14H,4,12-13,15H2,1-3H3,(H,23,27). The molecule has 30 heavy (non-hydrogen) atoms. The van der Waals surface area contributed by atoms with Crippen LogP contribution in [-0.4, -0.2) is 54.2 Å². The maximum absolute atomic E-state index is 11.9. The number of aryl methyl sites for hydroxylation is 1. The summed E-state index contributed by atoms with van der Waals surface area (Å²) in [7, 11) is 1.48. The zero-order chi connectivity index (χ0) is 21.3. The number of amides is 1. The Morgan fingerprint density at radius 3 is 2.73 bits per heavy atom. The number of anilines is 1. The van der Waals surface area contributed by atoms with Gasteiger partial charge in [0.25, 0.3) is 0 Å². The third kappa shape index (κ3) is 5.43. The topological polar surface area (TPSA) is 87.5 Å². The largest absolute Gasteiger partial charge is 0.460 e. The van der Waals surface area contributed by atoms with E-state index < -0.39 is 0 Å². The predicted molar refractivity (Wildman–Crippen MR) is 114 cm³/mol. The monoisotopic (exact) mass is 410 g/mol. The van der Waals surface area contributed by atoms with E-state index in [-0.39, 0.29) is 18.5 Å². The first-order valence-electron chi connectivity index (χ1n) is 9.75. The number of hydrogen-bond acceptors (Lipinski definition) is 6. The Balaban J connectivity index is 1.95. The molecule has 0 radical (unpaired) electrons. The Morgan fingerprint density at radius 1 is 1.13 bits per heavy atom. The van der Waals surface area contributed by atoms with Crippen LogP contribution < -0.4 is 10.1 Å². The van der Waals surface area contributed by atoms with Crippen molar-refractivity contribution in [3.63, 3.8) is 0 Å². The number of hydrogen-bond donors (Lipinski definition) is 1. The number of methoxy groups -OCH3 is 1. The molecule has 0 fully saturated rings. The van der Waals surface area contributed by atoms with Crippen LogP contribution in [0.5, 0.6) is 6.01 Å². The lowest BCUT2D eigenvalue weighted by Gasteiger charge is -2.10. The maximum atomic E-state index is 11.9. The number of ether oxygens (including phenoxy) is 3. The fourth-order valence-corrected chi connectivity index (χ4v) is 2.91. The Hall–Kier alpha value is -3.23. The minimum Gasteiger partial charge on any atom is -0.460 e. The molecule has 0 saturated carbocycles. The average Bonchev–Trinajstić information content (AvgIpc) is 3.16. The van der Waals surface area contributed by atoms with E-state index in [1.807, 2.05) is 56.3 Å². The predicted octanol–water partition coefficient (Wildman–Crippen LogP) is 3.24. The van der Waals surface area contributed by atoms with Crippen molar-refractivity contribution in [2.45, 2.75) is 13.8 Å². The Bertz CT molecular complexity index is 987. The molecule has 1 N–H and O–H groups in total. The van der Waals surface area contributed by atoms with Gasteiger partial charge in [-0.15, -0.1) is 5.10 Å². The van der Waals surface area contributed by atoms with Gasteiger partial charge in [-0.2, -0.15) is 4.98 Å². The molecule has 0 aliphatic carbocycles. The molecule has 8 nitrogen and oxygen atoms in total. The highest BCUT2D eigenvalue weighted by Crippen LogP contribution is 2.27. The van der Waals surface area contributed by atoms with Crippen LogP contribution in [0.1, 0.15) is 12.5 Å². The van der Waals surface area contributed by atoms with Crippen LogP contribution >= 0.6 is 0 Å². The SMILES string of the molecule is CCOCCOc1nc(-c2ccccc2C)n(-c2cccc(NC(=O)COC)c2)n1. The zero-order valence-electron chi connectivity index (χ0n) is 17.4. The van der Waals surface area contributed by atoms with E-state index in [1.165, 1.54) is 7.11 Å². The van der Waals surface area contributed by atoms with E-state index in [2.05, 4.69) is 15.4 Å². The molecule has 0 spiro atoms. The quantitative estimate of drug-likeness (QED) is 0.516. The highest BCUT2D eigenvalue weighted by Gasteiger charge is 2.17. The van der Waals surface area contributed by atoms with Gasteiger partial charge in [-0.3, -0.25) is 4.79 Å². The van der Waals surface area contributed by atoms with Crippen LogP contribution in [0.25, 0.3) is 17.1 Å². The minimum atomic E-state index is -0.229. The molecule has 158 valence electrons. The van der Waals surface area contributed by atoms with Crippen molar-refractivity contribution in [2.24, 2.45) is 0 Å². The van der Waals surface area contributed by atoms with Crippen molar-refractivity contribution in [1.82, 2.24) is 14.8 Å². The highest BCUT2D eigenvalue weighted by atomic mass is 16.5. The van der Waals surface area contributed by atoms with Crippen LogP contribution in [-0.2, 0) is 14.3 Å². The molecule has 3 aromatic rings. The summed E-state index contributed by atoms with van der Waals surface area (Å²) in [5, 5.41) is 7.35. The zero-order valence-corrected chi connectivity index (χ0v) is 17.4. The summed E-state index contributed by atoms with van der Waals surface area (Å²) in [5.41, 5.74) is 3.39. The van der Waals surface area contributed by atoms with Crippen molar-refractivity contribution in [3.05, 3.63) is 54.1 Å². The first kappa shape index (κ1) is 21.5. The number of rotatable bonds is 10. The van der Waals surface area contributed by atoms with E-state index >= 15 is 0 Å². The molecular formula is C22H26N4O4. The third-order valence-corrected chi connectivity index (χ3v) is 4.29. The van der Waals surface area contributed by atoms with Gasteiger partial charge in [-0.25, -0.2) is 4.68 Å². The molecule has 0 aliphatic heterocycles. The first-order chi connectivity index (χ1) is 14.6. The van der Waals surface area contributed by atoms with Crippen molar-refractivity contribution >= 4 is 11.6 Å². The number of aromatic nitrogens is 3. The maximum Gasteiger partial charge on any atom is 0.336 e. The van der Waals surface area contributed by atoms with E-state index in [4.69, 9.17) is 14.2 Å². The molecule has 0 unspecified atom stereocenters. The van der Waals surface area contributed by atoms with Crippen LogP contribution in [0.3, 0.4) is 0 Å². The molecule has 2 aromatic carbocycles. The van der Waals surface area contributed by atoms with Crippen LogP contribution in [0.2, 0.25) is 0 Å². The lowest BCUT2D eigenvalue weighted by atomic mass is 10.1. The lowest BCUT2D eigenvalue weighted by Crippen LogP contribution is -2.17. The Labute approximate surface area is 175 Å². The summed E-state index contributed by atoms with van der Waals surface area (Å²) in [6.45, 7) is 5.39. The number of nitrogens with one attached hydrogen (secondary N) is 1. The van der Waals surface area contributed by atoms with Gasteiger partial charge < -0.3 is 19.5 Å². The molecule has 0 aliphatic rings. The summed E-state index contributed by atoms with van der Waals surface area (Å²) in [6.07, 6.45) is 0. The van der Waals surface area contributed by atoms with E-state index in [0.717, 1.165) is 16.8 Å². The second kappa shape index (κ2) is 10.5. The minimum absolute atomic E-state index is 0.0141. The molecule has 0 saturated heterocycles. The van der Waals surface area contributed by atoms with Gasteiger partial charge >= 0.3 is 6.01 Å². The number of carbonyl (C=O) groups excluding carboxylic acids is 1. The van der Waals surface area contributed by atoms with Crippen LogP contribution in [0.4, 0.5) is 5.69 Å². The molecule has 0 bridgehead atoms. The molecule has 3 rings (SSSR count). The average molecular weight is 410 g/mol. The number of nitrogens with zero attached hydrogens (tertiary/aromatic N) is 3. The second-order valence-electron chi connectivity index (χ2n) is 6.52. The van der Waals surface area contributed by atoms with Crippen molar-refractivity contribution in [2.75, 3.05) is 38.9 Å². The van der Waals surface area contributed by atoms with Gasteiger partial charge in [-0.1, -0.05) is 30.3 Å². The molecule has 1 heterocycles. The van der Waals surface area contributed by atoms with Gasteiger partial charge in [0.1, 0.15) is 13.2 Å². The van der Waals surface area contributed by atoms with Gasteiger partial charge in [0.15, 0.2) is 5.82 Å². The van der Waals surface area contributed by atoms with Crippen molar-refractivity contribution < 1.29 is 19.0 Å². The first-order valence-corrected chi connectivity index (χ1v) is 9.75. The van der Waals surface area contributed by atoms with Crippen molar-refractivity contribution in [1.29, 1.82) is 0 Å². The fraction of sp³-hybridized carbons (Fsp3) is 0.318. The molecule has 1 amide bonds. The van der Waals surface area contributed by atoms with Gasteiger partial charge in [0.05, 0.1) is 12.3 Å². The van der Waals surface area contributed by atoms with Crippen molar-refractivity contribution in [3.8, 4) is 23.1 Å². The van der Waals surface area contributed by atoms with E-state index in [1.54, 1.807) is 10.7 Å². The number of benzene rings is 2. The van der Waals surface area contributed by atoms with Crippen LogP contribution in [0, 0.1) is 6.92 Å². The van der Waals surface area contributed by atoms with E-state index in [9.17, 15) is 4.79 Å². The smallest absolute Gasteiger partial charge is 0.336 e. The second-order valence-corrected chi connectivity index (χ2v) is 6.52. The molecule has 1 aromatic heterocycles.